The summed E-state index contributed by atoms with van der Waals surface area (Å²) in [5.74, 6) is 1.04. The normalized spacial score (nSPS) is 10.3. The van der Waals surface area contributed by atoms with E-state index >= 15 is 0 Å². The Kier molecular flexibility index (Phi) is 5.78. The largest absolute Gasteiger partial charge is 0.493 e. The van der Waals surface area contributed by atoms with E-state index in [1.165, 1.54) is 16.7 Å². The number of hydrogen-bond acceptors (Lipinski definition) is 2. The molecule has 0 aliphatic carbocycles. The van der Waals surface area contributed by atoms with Crippen LogP contribution >= 0.6 is 0 Å². The van der Waals surface area contributed by atoms with Crippen LogP contribution in [-0.2, 0) is 6.54 Å². The molecular weight excluding hydrogens is 210 g/mol. The molecule has 0 spiro atoms. The van der Waals surface area contributed by atoms with E-state index in [0.717, 1.165) is 31.9 Å². The van der Waals surface area contributed by atoms with E-state index in [9.17, 15) is 0 Å². The molecule has 0 aliphatic heterocycles. The maximum absolute atomic E-state index is 5.86. The van der Waals surface area contributed by atoms with E-state index in [-0.39, 0.29) is 0 Å². The first-order chi connectivity index (χ1) is 8.20. The lowest BCUT2D eigenvalue weighted by Gasteiger charge is -2.15. The molecule has 0 amide bonds. The summed E-state index contributed by atoms with van der Waals surface area (Å²) in [7, 11) is 0. The zero-order chi connectivity index (χ0) is 12.7. The Hall–Kier alpha value is -1.28. The third-order valence-electron chi connectivity index (χ3n) is 2.81. The molecule has 2 heteroatoms. The van der Waals surface area contributed by atoms with E-state index in [2.05, 4.69) is 44.8 Å². The predicted octanol–water partition coefficient (Wildman–Crippen LogP) is 3.37. The van der Waals surface area contributed by atoms with Crippen LogP contribution in [-0.4, -0.2) is 13.2 Å². The van der Waals surface area contributed by atoms with Gasteiger partial charge in [-0.1, -0.05) is 25.1 Å². The highest BCUT2D eigenvalue weighted by atomic mass is 16.5. The van der Waals surface area contributed by atoms with Crippen molar-refractivity contribution in [3.8, 4) is 5.75 Å². The maximum atomic E-state index is 5.86. The molecule has 1 aromatic rings. The lowest BCUT2D eigenvalue weighted by atomic mass is 10.0. The van der Waals surface area contributed by atoms with Gasteiger partial charge in [-0.2, -0.15) is 0 Å². The topological polar surface area (TPSA) is 21.3 Å². The third kappa shape index (κ3) is 3.90. The molecule has 0 bridgehead atoms. The molecule has 0 aromatic heterocycles. The smallest absolute Gasteiger partial charge is 0.126 e. The van der Waals surface area contributed by atoms with E-state index in [1.54, 1.807) is 0 Å². The van der Waals surface area contributed by atoms with E-state index in [0.29, 0.717) is 0 Å². The summed E-state index contributed by atoms with van der Waals surface area (Å²) < 4.78 is 5.86. The number of aryl methyl sites for hydroxylation is 1. The summed E-state index contributed by atoms with van der Waals surface area (Å²) >= 11 is 0. The molecular formula is C15H23NO. The summed E-state index contributed by atoms with van der Waals surface area (Å²) in [4.78, 5) is 0. The maximum Gasteiger partial charge on any atom is 0.126 e. The monoisotopic (exact) mass is 233 g/mol. The average Bonchev–Trinajstić information content (AvgIpc) is 2.33. The van der Waals surface area contributed by atoms with Gasteiger partial charge in [-0.05, 0) is 31.4 Å². The van der Waals surface area contributed by atoms with E-state index < -0.39 is 0 Å². The van der Waals surface area contributed by atoms with Crippen LogP contribution in [0.5, 0.6) is 5.75 Å². The van der Waals surface area contributed by atoms with Crippen LogP contribution in [0.2, 0.25) is 0 Å². The van der Waals surface area contributed by atoms with Gasteiger partial charge >= 0.3 is 0 Å². The quantitative estimate of drug-likeness (QED) is 0.576. The van der Waals surface area contributed by atoms with Gasteiger partial charge in [0.25, 0.3) is 0 Å². The van der Waals surface area contributed by atoms with Gasteiger partial charge in [-0.25, -0.2) is 0 Å². The standard InChI is InChI=1S/C15H23NO/c1-5-9-16-11-14-8-7-12(3)13(4)15(14)17-10-6-2/h5,7-8,16H,1,6,9-11H2,2-4H3. The minimum atomic E-state index is 0.777. The average molecular weight is 233 g/mol. The molecule has 0 radical (unpaired) electrons. The lowest BCUT2D eigenvalue weighted by Crippen LogP contribution is -2.14. The van der Waals surface area contributed by atoms with Gasteiger partial charge in [0.2, 0.25) is 0 Å². The number of nitrogens with one attached hydrogen (secondary N) is 1. The molecule has 0 atom stereocenters. The molecule has 0 aliphatic rings. The van der Waals surface area contributed by atoms with Crippen molar-refractivity contribution in [2.75, 3.05) is 13.2 Å². The number of hydrogen-bond donors (Lipinski definition) is 1. The van der Waals surface area contributed by atoms with Crippen LogP contribution < -0.4 is 10.1 Å². The third-order valence-corrected chi connectivity index (χ3v) is 2.81. The van der Waals surface area contributed by atoms with Crippen LogP contribution in [0.4, 0.5) is 0 Å². The molecule has 0 saturated carbocycles. The molecule has 1 aromatic carbocycles. The van der Waals surface area contributed by atoms with Crippen molar-refractivity contribution in [2.24, 2.45) is 0 Å². The Morgan fingerprint density at radius 2 is 2.12 bits per heavy atom. The fourth-order valence-corrected chi connectivity index (χ4v) is 1.70. The van der Waals surface area contributed by atoms with Crippen LogP contribution in [0.3, 0.4) is 0 Å². The van der Waals surface area contributed by atoms with Gasteiger partial charge in [-0.15, -0.1) is 6.58 Å². The SMILES string of the molecule is C=CCNCc1ccc(C)c(C)c1OCCC. The van der Waals surface area contributed by atoms with Crippen LogP contribution in [0, 0.1) is 13.8 Å². The first kappa shape index (κ1) is 13.8. The van der Waals surface area contributed by atoms with Gasteiger partial charge in [0.05, 0.1) is 6.61 Å². The first-order valence-electron chi connectivity index (χ1n) is 6.24. The van der Waals surface area contributed by atoms with E-state index in [4.69, 9.17) is 4.74 Å². The Bertz CT molecular complexity index is 371. The molecule has 17 heavy (non-hydrogen) atoms. The molecule has 2 nitrogen and oxygen atoms in total. The van der Waals surface area contributed by atoms with Crippen molar-refractivity contribution < 1.29 is 4.74 Å². The molecule has 1 rings (SSSR count). The van der Waals surface area contributed by atoms with E-state index in [1.807, 2.05) is 6.08 Å². The fraction of sp³-hybridized carbons (Fsp3) is 0.467. The van der Waals surface area contributed by atoms with Crippen LogP contribution in [0.15, 0.2) is 24.8 Å². The van der Waals surface area contributed by atoms with Crippen molar-refractivity contribution in [2.45, 2.75) is 33.7 Å². The Morgan fingerprint density at radius 3 is 2.76 bits per heavy atom. The van der Waals surface area contributed by atoms with Gasteiger partial charge in [0, 0.05) is 18.7 Å². The number of ether oxygens (including phenoxy) is 1. The van der Waals surface area contributed by atoms with Crippen molar-refractivity contribution in [1.82, 2.24) is 5.32 Å². The number of benzene rings is 1. The van der Waals surface area contributed by atoms with Crippen LogP contribution in [0.1, 0.15) is 30.0 Å². The zero-order valence-electron chi connectivity index (χ0n) is 11.2. The summed E-state index contributed by atoms with van der Waals surface area (Å²) in [6.07, 6.45) is 2.90. The fourth-order valence-electron chi connectivity index (χ4n) is 1.70. The van der Waals surface area contributed by atoms with Crippen molar-refractivity contribution in [3.63, 3.8) is 0 Å². The summed E-state index contributed by atoms with van der Waals surface area (Å²) in [5.41, 5.74) is 3.75. The first-order valence-corrected chi connectivity index (χ1v) is 6.24. The second kappa shape index (κ2) is 7.13. The molecule has 0 fully saturated rings. The van der Waals surface area contributed by atoms with Gasteiger partial charge in [0.15, 0.2) is 0 Å². The van der Waals surface area contributed by atoms with Gasteiger partial charge < -0.3 is 10.1 Å². The van der Waals surface area contributed by atoms with Crippen molar-refractivity contribution >= 4 is 0 Å². The summed E-state index contributed by atoms with van der Waals surface area (Å²) in [5, 5.41) is 3.32. The molecule has 0 saturated heterocycles. The van der Waals surface area contributed by atoms with Crippen LogP contribution in [0.25, 0.3) is 0 Å². The highest BCUT2D eigenvalue weighted by Crippen LogP contribution is 2.26. The minimum Gasteiger partial charge on any atom is -0.493 e. The second-order valence-electron chi connectivity index (χ2n) is 4.26. The molecule has 0 unspecified atom stereocenters. The highest BCUT2D eigenvalue weighted by molar-refractivity contribution is 5.45. The van der Waals surface area contributed by atoms with Gasteiger partial charge in [0.1, 0.15) is 5.75 Å². The number of rotatable bonds is 7. The molecule has 94 valence electrons. The zero-order valence-corrected chi connectivity index (χ0v) is 11.2. The van der Waals surface area contributed by atoms with Crippen molar-refractivity contribution in [1.29, 1.82) is 0 Å². The van der Waals surface area contributed by atoms with Crippen molar-refractivity contribution in [3.05, 3.63) is 41.5 Å². The molecule has 0 heterocycles. The Labute approximate surface area is 105 Å². The van der Waals surface area contributed by atoms with Gasteiger partial charge in [-0.3, -0.25) is 0 Å². The molecule has 1 N–H and O–H groups in total. The Morgan fingerprint density at radius 1 is 1.35 bits per heavy atom. The lowest BCUT2D eigenvalue weighted by molar-refractivity contribution is 0.311. The second-order valence-corrected chi connectivity index (χ2v) is 4.26. The summed E-state index contributed by atoms with van der Waals surface area (Å²) in [6, 6.07) is 4.29. The Balaban J connectivity index is 2.85. The minimum absolute atomic E-state index is 0.777. The summed E-state index contributed by atoms with van der Waals surface area (Å²) in [6.45, 7) is 12.5. The highest BCUT2D eigenvalue weighted by Gasteiger charge is 2.08. The predicted molar refractivity (Wildman–Crippen MR) is 73.6 cm³/mol.